The third-order valence-electron chi connectivity index (χ3n) is 5.35. The molecule has 3 aromatic rings. The van der Waals surface area contributed by atoms with Crippen molar-refractivity contribution in [2.24, 2.45) is 0 Å². The molecule has 0 aliphatic heterocycles. The van der Waals surface area contributed by atoms with Gasteiger partial charge in [-0.2, -0.15) is 10.2 Å². The summed E-state index contributed by atoms with van der Waals surface area (Å²) < 4.78 is 12.4. The molecular formula is C24H22N4O4. The smallest absolute Gasteiger partial charge is 0.269 e. The van der Waals surface area contributed by atoms with Crippen molar-refractivity contribution in [3.05, 3.63) is 70.2 Å². The molecule has 0 radical (unpaired) electrons. The highest BCUT2D eigenvalue weighted by molar-refractivity contribution is 6.02. The molecule has 1 saturated carbocycles. The lowest BCUT2D eigenvalue weighted by Gasteiger charge is -2.12. The van der Waals surface area contributed by atoms with E-state index in [0.29, 0.717) is 17.1 Å². The molecule has 0 saturated heterocycles. The van der Waals surface area contributed by atoms with Gasteiger partial charge in [-0.3, -0.25) is 14.0 Å². The topological polar surface area (TPSA) is 106 Å². The molecule has 1 N–H and O–H groups in total. The maximum absolute atomic E-state index is 13.2. The quantitative estimate of drug-likeness (QED) is 0.474. The molecule has 1 amide bonds. The van der Waals surface area contributed by atoms with Crippen molar-refractivity contribution in [2.45, 2.75) is 31.7 Å². The van der Waals surface area contributed by atoms with Crippen LogP contribution in [0.15, 0.2) is 59.0 Å². The summed E-state index contributed by atoms with van der Waals surface area (Å²) in [4.78, 5) is 30.3. The molecule has 8 heteroatoms. The number of benzene rings is 1. The van der Waals surface area contributed by atoms with Crippen LogP contribution in [0.25, 0.3) is 11.7 Å². The summed E-state index contributed by atoms with van der Waals surface area (Å²) in [6.45, 7) is 0. The maximum atomic E-state index is 13.2. The zero-order chi connectivity index (χ0) is 22.5. The van der Waals surface area contributed by atoms with Crippen LogP contribution in [0, 0.1) is 11.3 Å². The number of hydrogen-bond acceptors (Lipinski definition) is 6. The molecule has 1 aliphatic carbocycles. The first-order valence-electron chi connectivity index (χ1n) is 10.3. The second kappa shape index (κ2) is 9.35. The van der Waals surface area contributed by atoms with E-state index in [4.69, 9.17) is 9.47 Å². The SMILES string of the molecule is COc1ccc(Oc2nc3ccccn3c(=O)c2C=C(C#N)C(=O)NC2CCCC2)cc1. The highest BCUT2D eigenvalue weighted by Gasteiger charge is 2.21. The Balaban J connectivity index is 1.76. The lowest BCUT2D eigenvalue weighted by molar-refractivity contribution is -0.117. The number of nitrogens with one attached hydrogen (secondary N) is 1. The first kappa shape index (κ1) is 21.1. The van der Waals surface area contributed by atoms with Gasteiger partial charge in [-0.25, -0.2) is 0 Å². The number of pyridine rings is 1. The van der Waals surface area contributed by atoms with Crippen LogP contribution in [0.4, 0.5) is 0 Å². The number of methoxy groups -OCH3 is 1. The van der Waals surface area contributed by atoms with Gasteiger partial charge < -0.3 is 14.8 Å². The summed E-state index contributed by atoms with van der Waals surface area (Å²) in [6, 6.07) is 13.9. The van der Waals surface area contributed by atoms with Crippen molar-refractivity contribution in [1.82, 2.24) is 14.7 Å². The van der Waals surface area contributed by atoms with Gasteiger partial charge in [-0.05, 0) is 55.3 Å². The van der Waals surface area contributed by atoms with Crippen molar-refractivity contribution < 1.29 is 14.3 Å². The van der Waals surface area contributed by atoms with E-state index in [0.717, 1.165) is 25.7 Å². The van der Waals surface area contributed by atoms with Gasteiger partial charge in [0.2, 0.25) is 5.88 Å². The number of fused-ring (bicyclic) bond motifs is 1. The number of carbonyl (C=O) groups is 1. The molecule has 1 aromatic carbocycles. The normalized spacial score (nSPS) is 14.2. The Morgan fingerprint density at radius 1 is 1.19 bits per heavy atom. The highest BCUT2D eigenvalue weighted by atomic mass is 16.5. The van der Waals surface area contributed by atoms with Crippen LogP contribution >= 0.6 is 0 Å². The fraction of sp³-hybridized carbons (Fsp3) is 0.250. The van der Waals surface area contributed by atoms with Crippen LogP contribution in [-0.2, 0) is 4.79 Å². The second-order valence-corrected chi connectivity index (χ2v) is 7.47. The van der Waals surface area contributed by atoms with E-state index >= 15 is 0 Å². The summed E-state index contributed by atoms with van der Waals surface area (Å²) in [6.07, 6.45) is 6.69. The number of aromatic nitrogens is 2. The van der Waals surface area contributed by atoms with Gasteiger partial charge in [0.05, 0.1) is 7.11 Å². The van der Waals surface area contributed by atoms with E-state index in [1.807, 2.05) is 6.07 Å². The molecule has 2 aromatic heterocycles. The van der Waals surface area contributed by atoms with Crippen molar-refractivity contribution in [1.29, 1.82) is 5.26 Å². The van der Waals surface area contributed by atoms with E-state index < -0.39 is 11.5 Å². The predicted octanol–water partition coefficient (Wildman–Crippen LogP) is 3.46. The Kier molecular flexibility index (Phi) is 6.17. The number of nitrogens with zero attached hydrogens (tertiary/aromatic N) is 3. The molecule has 0 unspecified atom stereocenters. The number of carbonyl (C=O) groups excluding carboxylic acids is 1. The van der Waals surface area contributed by atoms with Crippen LogP contribution < -0.4 is 20.3 Å². The van der Waals surface area contributed by atoms with Gasteiger partial charge in [0.25, 0.3) is 11.5 Å². The van der Waals surface area contributed by atoms with Gasteiger partial charge >= 0.3 is 0 Å². The zero-order valence-corrected chi connectivity index (χ0v) is 17.6. The minimum Gasteiger partial charge on any atom is -0.497 e. The first-order chi connectivity index (χ1) is 15.6. The highest BCUT2D eigenvalue weighted by Crippen LogP contribution is 2.26. The van der Waals surface area contributed by atoms with Crippen LogP contribution in [-0.4, -0.2) is 28.4 Å². The third kappa shape index (κ3) is 4.47. The molecule has 8 nitrogen and oxygen atoms in total. The molecule has 162 valence electrons. The van der Waals surface area contributed by atoms with Gasteiger partial charge in [0, 0.05) is 12.2 Å². The Labute approximate surface area is 184 Å². The molecule has 0 bridgehead atoms. The molecule has 0 spiro atoms. The van der Waals surface area contributed by atoms with E-state index in [-0.39, 0.29) is 23.1 Å². The van der Waals surface area contributed by atoms with Crippen LogP contribution in [0.3, 0.4) is 0 Å². The molecule has 4 rings (SSSR count). The van der Waals surface area contributed by atoms with E-state index in [2.05, 4.69) is 10.3 Å². The van der Waals surface area contributed by atoms with Crippen molar-refractivity contribution in [3.63, 3.8) is 0 Å². The zero-order valence-electron chi connectivity index (χ0n) is 17.6. The number of hydrogen-bond donors (Lipinski definition) is 1. The summed E-state index contributed by atoms with van der Waals surface area (Å²) >= 11 is 0. The minimum absolute atomic E-state index is 0.00721. The summed E-state index contributed by atoms with van der Waals surface area (Å²) in [5, 5.41) is 12.5. The van der Waals surface area contributed by atoms with E-state index in [9.17, 15) is 14.9 Å². The van der Waals surface area contributed by atoms with Gasteiger partial charge in [0.1, 0.15) is 34.4 Å². The molecule has 1 fully saturated rings. The maximum Gasteiger partial charge on any atom is 0.269 e. The lowest BCUT2D eigenvalue weighted by atomic mass is 10.1. The van der Waals surface area contributed by atoms with Crippen LogP contribution in [0.2, 0.25) is 0 Å². The second-order valence-electron chi connectivity index (χ2n) is 7.47. The summed E-state index contributed by atoms with van der Waals surface area (Å²) in [5.41, 5.74) is -0.221. The Morgan fingerprint density at radius 2 is 1.91 bits per heavy atom. The average molecular weight is 430 g/mol. The molecule has 2 heterocycles. The number of amides is 1. The Hall–Kier alpha value is -4.12. The van der Waals surface area contributed by atoms with E-state index in [1.165, 1.54) is 10.5 Å². The molecule has 0 atom stereocenters. The van der Waals surface area contributed by atoms with Crippen molar-refractivity contribution in [3.8, 4) is 23.4 Å². The number of nitriles is 1. The van der Waals surface area contributed by atoms with Crippen molar-refractivity contribution in [2.75, 3.05) is 7.11 Å². The molecule has 32 heavy (non-hydrogen) atoms. The van der Waals surface area contributed by atoms with E-state index in [1.54, 1.807) is 55.8 Å². The largest absolute Gasteiger partial charge is 0.497 e. The van der Waals surface area contributed by atoms with Gasteiger partial charge in [-0.15, -0.1) is 0 Å². The fourth-order valence-electron chi connectivity index (χ4n) is 3.67. The van der Waals surface area contributed by atoms with Crippen LogP contribution in [0.5, 0.6) is 17.4 Å². The third-order valence-corrected chi connectivity index (χ3v) is 5.35. The van der Waals surface area contributed by atoms with Gasteiger partial charge in [0.15, 0.2) is 0 Å². The monoisotopic (exact) mass is 430 g/mol. The average Bonchev–Trinajstić information content (AvgIpc) is 3.32. The summed E-state index contributed by atoms with van der Waals surface area (Å²) in [7, 11) is 1.56. The minimum atomic E-state index is -0.507. The fourth-order valence-corrected chi connectivity index (χ4v) is 3.67. The lowest BCUT2D eigenvalue weighted by Crippen LogP contribution is -2.33. The van der Waals surface area contributed by atoms with Crippen molar-refractivity contribution >= 4 is 17.6 Å². The van der Waals surface area contributed by atoms with Gasteiger partial charge in [-0.1, -0.05) is 18.9 Å². The predicted molar refractivity (Wildman–Crippen MR) is 119 cm³/mol. The number of rotatable bonds is 6. The van der Waals surface area contributed by atoms with Crippen LogP contribution in [0.1, 0.15) is 31.2 Å². The summed E-state index contributed by atoms with van der Waals surface area (Å²) in [5.74, 6) is 0.584. The Bertz CT molecular complexity index is 1270. The molecule has 1 aliphatic rings. The Morgan fingerprint density at radius 3 is 2.59 bits per heavy atom. The standard InChI is InChI=1S/C24H22N4O4/c1-31-18-9-11-19(12-10-18)32-23-20(24(30)28-13-5-4-8-21(28)27-23)14-16(15-25)22(29)26-17-6-2-3-7-17/h4-5,8-14,17H,2-3,6-7H2,1H3,(H,26,29). The molecular weight excluding hydrogens is 408 g/mol. The number of ether oxygens (including phenoxy) is 2. The first-order valence-corrected chi connectivity index (χ1v) is 10.3.